The summed E-state index contributed by atoms with van der Waals surface area (Å²) in [6.07, 6.45) is -4.24. The van der Waals surface area contributed by atoms with Crippen molar-refractivity contribution >= 4 is 22.6 Å². The van der Waals surface area contributed by atoms with E-state index in [1.165, 1.54) is 12.1 Å². The van der Waals surface area contributed by atoms with Gasteiger partial charge in [0.25, 0.3) is 0 Å². The van der Waals surface area contributed by atoms with E-state index in [0.717, 1.165) is 9.64 Å². The Morgan fingerprint density at radius 3 is 2.19 bits per heavy atom. The lowest BCUT2D eigenvalue weighted by Crippen LogP contribution is -2.12. The zero-order valence-corrected chi connectivity index (χ0v) is 13.1. The van der Waals surface area contributed by atoms with Gasteiger partial charge in [-0.05, 0) is 77.5 Å². The molecule has 2 aromatic carbocycles. The summed E-state index contributed by atoms with van der Waals surface area (Å²) in [5.74, 6) is 0.652. The van der Waals surface area contributed by atoms with Crippen LogP contribution in [0, 0.1) is 3.57 Å². The summed E-state index contributed by atoms with van der Waals surface area (Å²) in [5.41, 5.74) is 4.83. The predicted molar refractivity (Wildman–Crippen MR) is 83.4 cm³/mol. The molecule has 0 spiro atoms. The molecule has 0 atom stereocenters. The van der Waals surface area contributed by atoms with Gasteiger partial charge in [-0.1, -0.05) is 6.07 Å². The summed E-state index contributed by atoms with van der Waals surface area (Å²) in [4.78, 5) is 0. The minimum absolute atomic E-state index is 0.157. The number of hydrogen-bond acceptors (Lipinski definition) is 2. The van der Waals surface area contributed by atoms with Crippen LogP contribution in [0.3, 0.4) is 0 Å². The van der Waals surface area contributed by atoms with Crippen molar-refractivity contribution in [3.63, 3.8) is 0 Å². The van der Waals surface area contributed by atoms with Crippen LogP contribution in [0.15, 0.2) is 42.5 Å². The van der Waals surface area contributed by atoms with Crippen molar-refractivity contribution in [2.45, 2.75) is 12.6 Å². The molecule has 112 valence electrons. The third-order valence-corrected chi connectivity index (χ3v) is 3.57. The van der Waals surface area contributed by atoms with Crippen LogP contribution in [0.4, 0.5) is 13.2 Å². The number of halogens is 4. The standard InChI is InChI=1S/C15H13F3INO/c16-15(17,18)14-9-13(4-1-10(14)7-8-20)21-12-5-2-11(19)3-6-12/h1-6,9H,7-8,20H2. The second kappa shape index (κ2) is 6.65. The van der Waals surface area contributed by atoms with Gasteiger partial charge < -0.3 is 10.5 Å². The van der Waals surface area contributed by atoms with Crippen molar-refractivity contribution in [2.75, 3.05) is 6.54 Å². The average molecular weight is 407 g/mol. The maximum absolute atomic E-state index is 13.0. The highest BCUT2D eigenvalue weighted by molar-refractivity contribution is 14.1. The number of rotatable bonds is 4. The van der Waals surface area contributed by atoms with Gasteiger partial charge in [-0.15, -0.1) is 0 Å². The van der Waals surface area contributed by atoms with E-state index in [1.54, 1.807) is 12.1 Å². The highest BCUT2D eigenvalue weighted by atomic mass is 127. The Bertz CT molecular complexity index is 611. The molecule has 0 aliphatic carbocycles. The van der Waals surface area contributed by atoms with Crippen molar-refractivity contribution in [1.29, 1.82) is 0 Å². The number of hydrogen-bond donors (Lipinski definition) is 1. The van der Waals surface area contributed by atoms with Crippen LogP contribution in [0.5, 0.6) is 11.5 Å². The van der Waals surface area contributed by atoms with Crippen LogP contribution in [-0.4, -0.2) is 6.54 Å². The number of ether oxygens (including phenoxy) is 1. The molecule has 6 heteroatoms. The quantitative estimate of drug-likeness (QED) is 0.752. The second-order valence-corrected chi connectivity index (χ2v) is 5.66. The van der Waals surface area contributed by atoms with Gasteiger partial charge in [0, 0.05) is 3.57 Å². The molecular formula is C15H13F3INO. The first-order valence-corrected chi connectivity index (χ1v) is 7.31. The number of alkyl halides is 3. The minimum atomic E-state index is -4.42. The Balaban J connectivity index is 2.31. The molecule has 0 radical (unpaired) electrons. The van der Waals surface area contributed by atoms with Crippen molar-refractivity contribution < 1.29 is 17.9 Å². The van der Waals surface area contributed by atoms with E-state index in [0.29, 0.717) is 5.75 Å². The van der Waals surface area contributed by atoms with E-state index in [-0.39, 0.29) is 24.3 Å². The molecule has 0 aliphatic heterocycles. The molecule has 0 unspecified atom stereocenters. The van der Waals surface area contributed by atoms with Gasteiger partial charge in [0.15, 0.2) is 0 Å². The normalized spacial score (nSPS) is 11.5. The van der Waals surface area contributed by atoms with Gasteiger partial charge in [0.1, 0.15) is 11.5 Å². The van der Waals surface area contributed by atoms with Crippen molar-refractivity contribution in [1.82, 2.24) is 0 Å². The molecule has 0 saturated carbocycles. The van der Waals surface area contributed by atoms with E-state index in [1.807, 2.05) is 12.1 Å². The van der Waals surface area contributed by atoms with Crippen LogP contribution in [0.25, 0.3) is 0 Å². The average Bonchev–Trinajstić information content (AvgIpc) is 2.42. The van der Waals surface area contributed by atoms with E-state index in [4.69, 9.17) is 10.5 Å². The van der Waals surface area contributed by atoms with Gasteiger partial charge >= 0.3 is 6.18 Å². The van der Waals surface area contributed by atoms with E-state index in [2.05, 4.69) is 22.6 Å². The zero-order valence-electron chi connectivity index (χ0n) is 11.0. The Labute approximate surface area is 134 Å². The fourth-order valence-electron chi connectivity index (χ4n) is 1.90. The second-order valence-electron chi connectivity index (χ2n) is 4.41. The smallest absolute Gasteiger partial charge is 0.416 e. The zero-order chi connectivity index (χ0) is 15.5. The maximum atomic E-state index is 13.0. The molecule has 21 heavy (non-hydrogen) atoms. The summed E-state index contributed by atoms with van der Waals surface area (Å²) in [6.45, 7) is 0.167. The molecule has 0 amide bonds. The van der Waals surface area contributed by atoms with Gasteiger partial charge in [-0.3, -0.25) is 0 Å². The molecular weight excluding hydrogens is 394 g/mol. The third-order valence-electron chi connectivity index (χ3n) is 2.85. The number of benzene rings is 2. The third kappa shape index (κ3) is 4.34. The SMILES string of the molecule is NCCc1ccc(Oc2ccc(I)cc2)cc1C(F)(F)F. The van der Waals surface area contributed by atoms with E-state index in [9.17, 15) is 13.2 Å². The molecule has 2 aromatic rings. The molecule has 2 N–H and O–H groups in total. The van der Waals surface area contributed by atoms with E-state index < -0.39 is 11.7 Å². The Morgan fingerprint density at radius 2 is 1.62 bits per heavy atom. The predicted octanol–water partition coefficient (Wildman–Crippen LogP) is 4.60. The highest BCUT2D eigenvalue weighted by Gasteiger charge is 2.33. The van der Waals surface area contributed by atoms with Crippen LogP contribution in [0.2, 0.25) is 0 Å². The van der Waals surface area contributed by atoms with Crippen molar-refractivity contribution in [3.8, 4) is 11.5 Å². The molecule has 0 fully saturated rings. The first-order chi connectivity index (χ1) is 9.90. The summed E-state index contributed by atoms with van der Waals surface area (Å²) < 4.78 is 45.6. The topological polar surface area (TPSA) is 35.2 Å². The Hall–Kier alpha value is -1.28. The van der Waals surface area contributed by atoms with Gasteiger partial charge in [0.2, 0.25) is 0 Å². The molecule has 0 bridgehead atoms. The fourth-order valence-corrected chi connectivity index (χ4v) is 2.25. The summed E-state index contributed by atoms with van der Waals surface area (Å²) in [7, 11) is 0. The summed E-state index contributed by atoms with van der Waals surface area (Å²) >= 11 is 2.14. The molecule has 0 heterocycles. The Kier molecular flexibility index (Phi) is 5.10. The van der Waals surface area contributed by atoms with Crippen LogP contribution in [-0.2, 0) is 12.6 Å². The van der Waals surface area contributed by atoms with Gasteiger partial charge in [0.05, 0.1) is 5.56 Å². The lowest BCUT2D eigenvalue weighted by atomic mass is 10.0. The van der Waals surface area contributed by atoms with Crippen LogP contribution in [0.1, 0.15) is 11.1 Å². The van der Waals surface area contributed by atoms with Crippen molar-refractivity contribution in [2.24, 2.45) is 5.73 Å². The molecule has 0 aromatic heterocycles. The van der Waals surface area contributed by atoms with Gasteiger partial charge in [-0.25, -0.2) is 0 Å². The monoisotopic (exact) mass is 407 g/mol. The van der Waals surface area contributed by atoms with E-state index >= 15 is 0 Å². The Morgan fingerprint density at radius 1 is 1.00 bits per heavy atom. The molecule has 2 rings (SSSR count). The first-order valence-electron chi connectivity index (χ1n) is 6.24. The summed E-state index contributed by atoms with van der Waals surface area (Å²) in [6, 6.07) is 11.0. The minimum Gasteiger partial charge on any atom is -0.457 e. The fraction of sp³-hybridized carbons (Fsp3) is 0.200. The molecule has 2 nitrogen and oxygen atoms in total. The first kappa shape index (κ1) is 16.1. The van der Waals surface area contributed by atoms with Crippen LogP contribution >= 0.6 is 22.6 Å². The van der Waals surface area contributed by atoms with Gasteiger partial charge in [-0.2, -0.15) is 13.2 Å². The molecule has 0 aliphatic rings. The number of nitrogens with two attached hydrogens (primary N) is 1. The molecule has 0 saturated heterocycles. The maximum Gasteiger partial charge on any atom is 0.416 e. The lowest BCUT2D eigenvalue weighted by Gasteiger charge is -2.14. The van der Waals surface area contributed by atoms with Crippen LogP contribution < -0.4 is 10.5 Å². The highest BCUT2D eigenvalue weighted by Crippen LogP contribution is 2.35. The van der Waals surface area contributed by atoms with Crippen molar-refractivity contribution in [3.05, 3.63) is 57.2 Å². The summed E-state index contributed by atoms with van der Waals surface area (Å²) in [5, 5.41) is 0. The largest absolute Gasteiger partial charge is 0.457 e. The lowest BCUT2D eigenvalue weighted by molar-refractivity contribution is -0.138.